The Bertz CT molecular complexity index is 1010. The van der Waals surface area contributed by atoms with E-state index >= 15 is 0 Å². The predicted octanol–water partition coefficient (Wildman–Crippen LogP) is 3.69. The average molecular weight is 440 g/mol. The molecular weight excluding hydrogens is 417 g/mol. The predicted molar refractivity (Wildman–Crippen MR) is 110 cm³/mol. The average Bonchev–Trinajstić information content (AvgIpc) is 3.02. The molecule has 0 spiro atoms. The van der Waals surface area contributed by atoms with Crippen molar-refractivity contribution in [1.82, 2.24) is 4.90 Å². The molecule has 0 saturated carbocycles. The van der Waals surface area contributed by atoms with E-state index in [1.165, 1.54) is 17.0 Å². The van der Waals surface area contributed by atoms with Crippen LogP contribution in [0.3, 0.4) is 0 Å². The highest BCUT2D eigenvalue weighted by molar-refractivity contribution is 7.91. The Morgan fingerprint density at radius 3 is 2.62 bits per heavy atom. The Balaban J connectivity index is 1.82. The normalized spacial score (nSPS) is 17.9. The highest BCUT2D eigenvalue weighted by Crippen LogP contribution is 2.26. The number of nitrogens with zero attached hydrogens (tertiary/aromatic N) is 1. The van der Waals surface area contributed by atoms with Crippen molar-refractivity contribution in [2.24, 2.45) is 0 Å². The second-order valence-corrected chi connectivity index (χ2v) is 9.90. The van der Waals surface area contributed by atoms with Crippen molar-refractivity contribution < 1.29 is 22.3 Å². The van der Waals surface area contributed by atoms with E-state index in [1.54, 1.807) is 12.1 Å². The second-order valence-electron chi connectivity index (χ2n) is 7.27. The molecule has 1 amide bonds. The Morgan fingerprint density at radius 2 is 1.97 bits per heavy atom. The molecule has 1 saturated heterocycles. The number of benzene rings is 2. The van der Waals surface area contributed by atoms with Gasteiger partial charge in [0.1, 0.15) is 11.6 Å². The van der Waals surface area contributed by atoms with E-state index in [2.05, 4.69) is 0 Å². The van der Waals surface area contributed by atoms with E-state index in [0.717, 1.165) is 11.1 Å². The van der Waals surface area contributed by atoms with Crippen LogP contribution in [0.15, 0.2) is 36.4 Å². The number of amides is 1. The van der Waals surface area contributed by atoms with Crippen molar-refractivity contribution in [3.05, 3.63) is 63.9 Å². The summed E-state index contributed by atoms with van der Waals surface area (Å²) >= 11 is 6.12. The fourth-order valence-corrected chi connectivity index (χ4v) is 5.35. The molecule has 5 nitrogen and oxygen atoms in total. The van der Waals surface area contributed by atoms with Gasteiger partial charge in [-0.25, -0.2) is 12.8 Å². The van der Waals surface area contributed by atoms with Gasteiger partial charge >= 0.3 is 0 Å². The van der Waals surface area contributed by atoms with Crippen molar-refractivity contribution in [3.8, 4) is 5.75 Å². The topological polar surface area (TPSA) is 63.7 Å². The van der Waals surface area contributed by atoms with E-state index in [0.29, 0.717) is 12.2 Å². The van der Waals surface area contributed by atoms with E-state index in [-0.39, 0.29) is 35.2 Å². The van der Waals surface area contributed by atoms with Crippen molar-refractivity contribution >= 4 is 27.3 Å². The van der Waals surface area contributed by atoms with Crippen LogP contribution in [0.2, 0.25) is 5.02 Å². The first-order valence-corrected chi connectivity index (χ1v) is 11.5. The fourth-order valence-electron chi connectivity index (χ4n) is 3.40. The summed E-state index contributed by atoms with van der Waals surface area (Å²) < 4.78 is 43.9. The number of aryl methyl sites for hydroxylation is 1. The van der Waals surface area contributed by atoms with Crippen LogP contribution in [-0.4, -0.2) is 43.4 Å². The first-order chi connectivity index (χ1) is 13.7. The zero-order valence-corrected chi connectivity index (χ0v) is 17.9. The molecule has 3 rings (SSSR count). The van der Waals surface area contributed by atoms with Gasteiger partial charge in [0.05, 0.1) is 18.1 Å². The number of halogens is 2. The zero-order chi connectivity index (χ0) is 21.2. The Morgan fingerprint density at radius 1 is 1.24 bits per heavy atom. The molecule has 0 radical (unpaired) electrons. The van der Waals surface area contributed by atoms with E-state index in [9.17, 15) is 17.6 Å². The summed E-state index contributed by atoms with van der Waals surface area (Å²) in [5, 5.41) is 0.194. The van der Waals surface area contributed by atoms with E-state index in [1.807, 2.05) is 26.0 Å². The third-order valence-corrected chi connectivity index (χ3v) is 7.37. The van der Waals surface area contributed by atoms with Crippen LogP contribution in [0.4, 0.5) is 4.39 Å². The lowest BCUT2D eigenvalue weighted by Crippen LogP contribution is -2.43. The van der Waals surface area contributed by atoms with Gasteiger partial charge in [-0.05, 0) is 49.6 Å². The molecule has 0 aliphatic carbocycles. The molecule has 156 valence electrons. The summed E-state index contributed by atoms with van der Waals surface area (Å²) in [6.45, 7) is 3.46. The number of ether oxygens (including phenoxy) is 1. The number of carbonyl (C=O) groups excluding carboxylic acids is 1. The third kappa shape index (κ3) is 5.08. The van der Waals surface area contributed by atoms with Gasteiger partial charge in [-0.2, -0.15) is 0 Å². The first kappa shape index (κ1) is 21.6. The van der Waals surface area contributed by atoms with Crippen molar-refractivity contribution in [1.29, 1.82) is 0 Å². The molecule has 0 N–H and O–H groups in total. The quantitative estimate of drug-likeness (QED) is 0.688. The third-order valence-electron chi connectivity index (χ3n) is 5.27. The SMILES string of the molecule is Cc1cccc(OCC(=O)N(Cc2c(F)cccc2Cl)C2CCS(=O)(=O)C2)c1C. The maximum Gasteiger partial charge on any atom is 0.261 e. The van der Waals surface area contributed by atoms with E-state index < -0.39 is 27.6 Å². The minimum absolute atomic E-state index is 0.00426. The Kier molecular flexibility index (Phi) is 6.49. The van der Waals surface area contributed by atoms with Crippen LogP contribution in [-0.2, 0) is 21.2 Å². The van der Waals surface area contributed by atoms with Gasteiger partial charge in [-0.1, -0.05) is 29.8 Å². The van der Waals surface area contributed by atoms with Crippen LogP contribution in [0, 0.1) is 19.7 Å². The van der Waals surface area contributed by atoms with Gasteiger partial charge in [0, 0.05) is 16.6 Å². The molecule has 2 aromatic rings. The van der Waals surface area contributed by atoms with Crippen molar-refractivity contribution in [3.63, 3.8) is 0 Å². The molecule has 1 unspecified atom stereocenters. The smallest absolute Gasteiger partial charge is 0.261 e. The van der Waals surface area contributed by atoms with Gasteiger partial charge in [-0.3, -0.25) is 4.79 Å². The maximum absolute atomic E-state index is 14.3. The molecule has 0 aromatic heterocycles. The number of hydrogen-bond donors (Lipinski definition) is 0. The molecule has 29 heavy (non-hydrogen) atoms. The molecule has 1 atom stereocenters. The minimum Gasteiger partial charge on any atom is -0.483 e. The lowest BCUT2D eigenvalue weighted by Gasteiger charge is -2.29. The van der Waals surface area contributed by atoms with Crippen LogP contribution < -0.4 is 4.74 Å². The number of rotatable bonds is 6. The Hall–Kier alpha value is -2.12. The van der Waals surface area contributed by atoms with Crippen LogP contribution in [0.25, 0.3) is 0 Å². The van der Waals surface area contributed by atoms with Crippen molar-refractivity contribution in [2.75, 3.05) is 18.1 Å². The highest BCUT2D eigenvalue weighted by Gasteiger charge is 2.35. The van der Waals surface area contributed by atoms with Gasteiger partial charge in [0.25, 0.3) is 5.91 Å². The van der Waals surface area contributed by atoms with E-state index in [4.69, 9.17) is 16.3 Å². The second kappa shape index (κ2) is 8.71. The molecule has 0 bridgehead atoms. The number of carbonyl (C=O) groups is 1. The molecule has 1 aliphatic heterocycles. The van der Waals surface area contributed by atoms with Gasteiger partial charge in [0.15, 0.2) is 16.4 Å². The largest absolute Gasteiger partial charge is 0.483 e. The van der Waals surface area contributed by atoms with Crippen molar-refractivity contribution in [2.45, 2.75) is 32.9 Å². The summed E-state index contributed by atoms with van der Waals surface area (Å²) in [5.74, 6) is -0.501. The van der Waals surface area contributed by atoms with Gasteiger partial charge in [-0.15, -0.1) is 0 Å². The van der Waals surface area contributed by atoms with Crippen LogP contribution >= 0.6 is 11.6 Å². The summed E-state index contributed by atoms with van der Waals surface area (Å²) in [5.41, 5.74) is 2.12. The number of hydrogen-bond acceptors (Lipinski definition) is 4. The summed E-state index contributed by atoms with van der Waals surface area (Å²) in [4.78, 5) is 14.4. The Labute approximate surface area is 175 Å². The molecule has 8 heteroatoms. The maximum atomic E-state index is 14.3. The van der Waals surface area contributed by atoms with Gasteiger partial charge < -0.3 is 9.64 Å². The highest BCUT2D eigenvalue weighted by atomic mass is 35.5. The molecule has 1 fully saturated rings. The first-order valence-electron chi connectivity index (χ1n) is 9.30. The molecule has 1 heterocycles. The summed E-state index contributed by atoms with van der Waals surface area (Å²) in [6.07, 6.45) is 0.309. The number of sulfone groups is 1. The monoisotopic (exact) mass is 439 g/mol. The molecular formula is C21H23ClFNO4S. The molecule has 1 aliphatic rings. The summed E-state index contributed by atoms with van der Waals surface area (Å²) in [6, 6.07) is 9.31. The zero-order valence-electron chi connectivity index (χ0n) is 16.3. The van der Waals surface area contributed by atoms with Crippen LogP contribution in [0.1, 0.15) is 23.1 Å². The standard InChI is InChI=1S/C21H23ClFNO4S/c1-14-5-3-8-20(15(14)2)28-12-21(25)24(16-9-10-29(26,27)13-16)11-17-18(22)6-4-7-19(17)23/h3-8,16H,9-13H2,1-2H3. The lowest BCUT2D eigenvalue weighted by molar-refractivity contribution is -0.136. The minimum atomic E-state index is -3.23. The molecule has 2 aromatic carbocycles. The lowest BCUT2D eigenvalue weighted by atomic mass is 10.1. The van der Waals surface area contributed by atoms with Gasteiger partial charge in [0.2, 0.25) is 0 Å². The van der Waals surface area contributed by atoms with Crippen LogP contribution in [0.5, 0.6) is 5.75 Å². The fraction of sp³-hybridized carbons (Fsp3) is 0.381. The summed E-state index contributed by atoms with van der Waals surface area (Å²) in [7, 11) is -3.23.